The molecule has 0 aliphatic heterocycles. The fraction of sp³-hybridized carbons (Fsp3) is 0.200. The van der Waals surface area contributed by atoms with E-state index in [2.05, 4.69) is 20.9 Å². The molecule has 0 atom stereocenters. The van der Waals surface area contributed by atoms with Crippen LogP contribution in [0.15, 0.2) is 34.9 Å². The molecule has 4 nitrogen and oxygen atoms in total. The van der Waals surface area contributed by atoms with Crippen LogP contribution in [-0.2, 0) is 4.74 Å². The molecule has 0 aliphatic carbocycles. The third-order valence-electron chi connectivity index (χ3n) is 3.01. The first-order chi connectivity index (χ1) is 10.5. The Hall–Kier alpha value is -2.02. The molecule has 0 saturated carbocycles. The van der Waals surface area contributed by atoms with E-state index in [1.54, 1.807) is 18.2 Å². The van der Waals surface area contributed by atoms with Gasteiger partial charge >= 0.3 is 5.97 Å². The van der Waals surface area contributed by atoms with Gasteiger partial charge in [-0.1, -0.05) is 15.9 Å². The van der Waals surface area contributed by atoms with Gasteiger partial charge in [-0.25, -0.2) is 13.6 Å². The smallest absolute Gasteiger partial charge is 0.338 e. The first-order valence-electron chi connectivity index (χ1n) is 6.18. The molecule has 0 spiro atoms. The molecule has 116 valence electrons. The van der Waals surface area contributed by atoms with Crippen LogP contribution in [0.3, 0.4) is 0 Å². The molecule has 0 fully saturated rings. The van der Waals surface area contributed by atoms with Crippen molar-refractivity contribution in [2.75, 3.05) is 14.2 Å². The fourth-order valence-electron chi connectivity index (χ4n) is 1.98. The van der Waals surface area contributed by atoms with Gasteiger partial charge in [0.2, 0.25) is 0 Å². The first-order valence-corrected chi connectivity index (χ1v) is 6.97. The number of ether oxygens (including phenoxy) is 2. The Balaban J connectivity index is 2.71. The summed E-state index contributed by atoms with van der Waals surface area (Å²) in [4.78, 5) is 15.5. The van der Waals surface area contributed by atoms with E-state index in [0.29, 0.717) is 15.6 Å². The summed E-state index contributed by atoms with van der Waals surface area (Å²) < 4.78 is 36.4. The molecule has 22 heavy (non-hydrogen) atoms. The van der Waals surface area contributed by atoms with Crippen molar-refractivity contribution in [2.24, 2.45) is 0 Å². The van der Waals surface area contributed by atoms with Crippen LogP contribution in [0.1, 0.15) is 22.5 Å². The molecule has 0 unspecified atom stereocenters. The monoisotopic (exact) mass is 371 g/mol. The standard InChI is InChI=1S/C15H12BrF2NO3/c1-21-13-7-19-12(14(17)18)6-11(13)10-5-8(16)3-4-9(10)15(20)22-2/h3-7,14H,1-2H3. The van der Waals surface area contributed by atoms with Gasteiger partial charge in [0.15, 0.2) is 0 Å². The summed E-state index contributed by atoms with van der Waals surface area (Å²) in [6, 6.07) is 6.06. The zero-order valence-electron chi connectivity index (χ0n) is 11.8. The highest BCUT2D eigenvalue weighted by Crippen LogP contribution is 2.36. The maximum atomic E-state index is 12.9. The lowest BCUT2D eigenvalue weighted by atomic mass is 9.99. The van der Waals surface area contributed by atoms with Crippen LogP contribution in [-0.4, -0.2) is 25.2 Å². The van der Waals surface area contributed by atoms with E-state index in [-0.39, 0.29) is 11.3 Å². The summed E-state index contributed by atoms with van der Waals surface area (Å²) in [5.41, 5.74) is 0.610. The number of hydrogen-bond donors (Lipinski definition) is 0. The summed E-state index contributed by atoms with van der Waals surface area (Å²) >= 11 is 3.30. The topological polar surface area (TPSA) is 48.4 Å². The van der Waals surface area contributed by atoms with Crippen molar-refractivity contribution in [1.29, 1.82) is 0 Å². The Morgan fingerprint density at radius 1 is 1.23 bits per heavy atom. The predicted molar refractivity (Wildman–Crippen MR) is 80.2 cm³/mol. The van der Waals surface area contributed by atoms with Crippen molar-refractivity contribution >= 4 is 21.9 Å². The van der Waals surface area contributed by atoms with E-state index in [1.807, 2.05) is 0 Å². The van der Waals surface area contributed by atoms with Crippen LogP contribution in [0.5, 0.6) is 5.75 Å². The van der Waals surface area contributed by atoms with Crippen LogP contribution in [0.4, 0.5) is 8.78 Å². The molecular weight excluding hydrogens is 360 g/mol. The second kappa shape index (κ2) is 6.83. The number of halogens is 3. The highest BCUT2D eigenvalue weighted by Gasteiger charge is 2.19. The molecule has 2 rings (SSSR count). The first kappa shape index (κ1) is 16.4. The SMILES string of the molecule is COC(=O)c1ccc(Br)cc1-c1cc(C(F)F)ncc1OC. The van der Waals surface area contributed by atoms with Gasteiger partial charge in [0, 0.05) is 15.6 Å². The van der Waals surface area contributed by atoms with Crippen molar-refractivity contribution in [2.45, 2.75) is 6.43 Å². The lowest BCUT2D eigenvalue weighted by Crippen LogP contribution is -2.05. The average Bonchev–Trinajstić information content (AvgIpc) is 2.53. The quantitative estimate of drug-likeness (QED) is 0.754. The molecule has 1 aromatic carbocycles. The fourth-order valence-corrected chi connectivity index (χ4v) is 2.34. The van der Waals surface area contributed by atoms with Gasteiger partial charge in [0.25, 0.3) is 6.43 Å². The highest BCUT2D eigenvalue weighted by molar-refractivity contribution is 9.10. The minimum absolute atomic E-state index is 0.246. The van der Waals surface area contributed by atoms with Gasteiger partial charge in [-0.05, 0) is 24.3 Å². The number of carbonyl (C=O) groups excluding carboxylic acids is 1. The van der Waals surface area contributed by atoms with Gasteiger partial charge in [-0.2, -0.15) is 0 Å². The second-order valence-corrected chi connectivity index (χ2v) is 5.21. The second-order valence-electron chi connectivity index (χ2n) is 4.29. The van der Waals surface area contributed by atoms with E-state index in [9.17, 15) is 13.6 Å². The van der Waals surface area contributed by atoms with Crippen molar-refractivity contribution in [3.63, 3.8) is 0 Å². The number of rotatable bonds is 4. The van der Waals surface area contributed by atoms with Gasteiger partial charge in [-0.3, -0.25) is 4.98 Å². The Bertz CT molecular complexity index is 707. The molecular formula is C15H12BrF2NO3. The Morgan fingerprint density at radius 3 is 2.55 bits per heavy atom. The van der Waals surface area contributed by atoms with Crippen molar-refractivity contribution in [1.82, 2.24) is 4.98 Å². The van der Waals surface area contributed by atoms with Crippen LogP contribution in [0, 0.1) is 0 Å². The molecule has 0 saturated heterocycles. The van der Waals surface area contributed by atoms with Crippen LogP contribution >= 0.6 is 15.9 Å². The number of benzene rings is 1. The van der Waals surface area contributed by atoms with E-state index < -0.39 is 18.1 Å². The van der Waals surface area contributed by atoms with E-state index >= 15 is 0 Å². The normalized spacial score (nSPS) is 10.6. The van der Waals surface area contributed by atoms with Gasteiger partial charge in [0.05, 0.1) is 26.0 Å². The number of pyridine rings is 1. The Kier molecular flexibility index (Phi) is 5.07. The summed E-state index contributed by atoms with van der Waals surface area (Å²) in [5.74, 6) is -0.285. The lowest BCUT2D eigenvalue weighted by molar-refractivity contribution is 0.0601. The molecule has 2 aromatic rings. The number of aromatic nitrogens is 1. The summed E-state index contributed by atoms with van der Waals surface area (Å²) in [5, 5.41) is 0. The van der Waals surface area contributed by atoms with Crippen molar-refractivity contribution in [3.05, 3.63) is 46.2 Å². The predicted octanol–water partition coefficient (Wildman–Crippen LogP) is 4.24. The van der Waals surface area contributed by atoms with Gasteiger partial charge in [-0.15, -0.1) is 0 Å². The third-order valence-corrected chi connectivity index (χ3v) is 3.50. The summed E-state index contributed by atoms with van der Waals surface area (Å²) in [6.07, 6.45) is -1.52. The maximum Gasteiger partial charge on any atom is 0.338 e. The van der Waals surface area contributed by atoms with Crippen molar-refractivity contribution < 1.29 is 23.0 Å². The molecule has 7 heteroatoms. The minimum Gasteiger partial charge on any atom is -0.494 e. The molecule has 0 aliphatic rings. The zero-order valence-corrected chi connectivity index (χ0v) is 13.4. The highest BCUT2D eigenvalue weighted by atomic mass is 79.9. The average molecular weight is 372 g/mol. The Morgan fingerprint density at radius 2 is 1.95 bits per heavy atom. The molecule has 1 heterocycles. The van der Waals surface area contributed by atoms with Gasteiger partial charge in [0.1, 0.15) is 11.4 Å². The summed E-state index contributed by atoms with van der Waals surface area (Å²) in [7, 11) is 2.65. The van der Waals surface area contributed by atoms with Crippen LogP contribution in [0.25, 0.3) is 11.1 Å². The zero-order chi connectivity index (χ0) is 16.3. The molecule has 1 aromatic heterocycles. The number of methoxy groups -OCH3 is 2. The largest absolute Gasteiger partial charge is 0.494 e. The third kappa shape index (κ3) is 3.24. The van der Waals surface area contributed by atoms with Crippen LogP contribution in [0.2, 0.25) is 0 Å². The molecule has 0 bridgehead atoms. The van der Waals surface area contributed by atoms with E-state index in [4.69, 9.17) is 9.47 Å². The van der Waals surface area contributed by atoms with Crippen LogP contribution < -0.4 is 4.74 Å². The summed E-state index contributed by atoms with van der Waals surface area (Å²) in [6.45, 7) is 0. The number of hydrogen-bond acceptors (Lipinski definition) is 4. The molecule has 0 amide bonds. The van der Waals surface area contributed by atoms with E-state index in [0.717, 1.165) is 0 Å². The lowest BCUT2D eigenvalue weighted by Gasteiger charge is -2.13. The maximum absolute atomic E-state index is 12.9. The molecule has 0 N–H and O–H groups in total. The molecule has 0 radical (unpaired) electrons. The van der Waals surface area contributed by atoms with E-state index in [1.165, 1.54) is 26.5 Å². The van der Waals surface area contributed by atoms with Gasteiger partial charge < -0.3 is 9.47 Å². The number of esters is 1. The number of nitrogens with zero attached hydrogens (tertiary/aromatic N) is 1. The number of alkyl halides is 2. The number of carbonyl (C=O) groups is 1. The van der Waals surface area contributed by atoms with Crippen molar-refractivity contribution in [3.8, 4) is 16.9 Å². The minimum atomic E-state index is -2.72. The Labute approximate surface area is 134 Å².